The molecule has 1 aromatic carbocycles. The maximum absolute atomic E-state index is 10.7. The number of rotatable bonds is 9. The van der Waals surface area contributed by atoms with Crippen LogP contribution in [0.4, 0.5) is 0 Å². The summed E-state index contributed by atoms with van der Waals surface area (Å²) in [6.07, 6.45) is -1.02. The van der Waals surface area contributed by atoms with Crippen molar-refractivity contribution in [1.29, 1.82) is 0 Å². The molecule has 10 heteroatoms. The fourth-order valence-electron chi connectivity index (χ4n) is 3.90. The van der Waals surface area contributed by atoms with Crippen molar-refractivity contribution in [3.05, 3.63) is 76.1 Å². The predicted molar refractivity (Wildman–Crippen MR) is 127 cm³/mol. The first-order valence-electron chi connectivity index (χ1n) is 10.7. The topological polar surface area (TPSA) is 125 Å². The molecule has 1 aliphatic rings. The number of ether oxygens (including phenoxy) is 2. The maximum atomic E-state index is 10.7. The maximum Gasteiger partial charge on any atom is 0.145 e. The van der Waals surface area contributed by atoms with Crippen molar-refractivity contribution in [1.82, 2.24) is 4.98 Å². The average molecular weight is 508 g/mol. The number of thiazole rings is 1. The van der Waals surface area contributed by atoms with Crippen molar-refractivity contribution in [2.24, 2.45) is 0 Å². The highest BCUT2D eigenvalue weighted by atomic mass is 35.5. The largest absolute Gasteiger partial charge is 0.463 e. The van der Waals surface area contributed by atoms with Crippen LogP contribution in [0.15, 0.2) is 53.8 Å². The molecule has 0 saturated carbocycles. The number of hydrogen-bond donors (Lipinski definition) is 4. The second-order valence-corrected chi connectivity index (χ2v) is 9.49. The molecule has 0 spiro atoms. The standard InChI is InChI=1S/C24H26ClNO7S/c1-2-5-31-12-14-8-16(25)13(9-20-26-10-19(34-20)17-4-3-6-32-17)7-15(14)24-23(30)22(29)21(28)18(11-27)33-24/h2-4,6-8,10,18,21-24,27-30H,1,5,9,11-12H2/t18-,21-,22+,23-,24+/m1/s1. The Kier molecular flexibility index (Phi) is 8.18. The molecule has 1 aliphatic heterocycles. The molecule has 3 aromatic rings. The normalized spacial score (nSPS) is 24.9. The van der Waals surface area contributed by atoms with Crippen molar-refractivity contribution >= 4 is 22.9 Å². The van der Waals surface area contributed by atoms with Gasteiger partial charge in [0.25, 0.3) is 0 Å². The highest BCUT2D eigenvalue weighted by molar-refractivity contribution is 7.15. The number of nitrogens with zero attached hydrogens (tertiary/aromatic N) is 1. The Morgan fingerprint density at radius 3 is 2.71 bits per heavy atom. The van der Waals surface area contributed by atoms with Gasteiger partial charge in [0.1, 0.15) is 36.3 Å². The van der Waals surface area contributed by atoms with Crippen LogP contribution in [0.3, 0.4) is 0 Å². The lowest BCUT2D eigenvalue weighted by atomic mass is 9.88. The highest BCUT2D eigenvalue weighted by Crippen LogP contribution is 2.37. The number of hydrogen-bond acceptors (Lipinski definition) is 9. The third-order valence-corrected chi connectivity index (χ3v) is 7.02. The predicted octanol–water partition coefficient (Wildman–Crippen LogP) is 2.86. The van der Waals surface area contributed by atoms with E-state index in [1.165, 1.54) is 11.3 Å². The van der Waals surface area contributed by atoms with Gasteiger partial charge in [-0.05, 0) is 34.9 Å². The van der Waals surface area contributed by atoms with Crippen LogP contribution in [0.1, 0.15) is 27.8 Å². The summed E-state index contributed by atoms with van der Waals surface area (Å²) < 4.78 is 16.8. The molecule has 3 heterocycles. The molecule has 8 nitrogen and oxygen atoms in total. The Hall–Kier alpha value is -2.08. The van der Waals surface area contributed by atoms with Crippen molar-refractivity contribution in [3.63, 3.8) is 0 Å². The fourth-order valence-corrected chi connectivity index (χ4v) is 5.06. The summed E-state index contributed by atoms with van der Waals surface area (Å²) >= 11 is 8.08. The zero-order chi connectivity index (χ0) is 24.2. The van der Waals surface area contributed by atoms with E-state index in [4.69, 9.17) is 25.5 Å². The molecule has 1 saturated heterocycles. The minimum Gasteiger partial charge on any atom is -0.463 e. The number of aromatic nitrogens is 1. The summed E-state index contributed by atoms with van der Waals surface area (Å²) in [5.41, 5.74) is 1.93. The van der Waals surface area contributed by atoms with Gasteiger partial charge < -0.3 is 34.3 Å². The highest BCUT2D eigenvalue weighted by Gasteiger charge is 2.44. The second kappa shape index (κ2) is 11.1. The van der Waals surface area contributed by atoms with E-state index in [9.17, 15) is 20.4 Å². The molecule has 4 N–H and O–H groups in total. The van der Waals surface area contributed by atoms with Crippen LogP contribution in [0.2, 0.25) is 5.02 Å². The van der Waals surface area contributed by atoms with Crippen molar-refractivity contribution < 1.29 is 34.3 Å². The lowest BCUT2D eigenvalue weighted by Gasteiger charge is -2.41. The summed E-state index contributed by atoms with van der Waals surface area (Å²) in [7, 11) is 0. The molecule has 1 fully saturated rings. The Labute approximate surface area is 205 Å². The summed E-state index contributed by atoms with van der Waals surface area (Å²) in [6, 6.07) is 7.19. The van der Waals surface area contributed by atoms with Crippen LogP contribution in [0.25, 0.3) is 10.6 Å². The van der Waals surface area contributed by atoms with E-state index in [-0.39, 0.29) is 6.61 Å². The molecule has 5 atom stereocenters. The van der Waals surface area contributed by atoms with Crippen molar-refractivity contribution in [2.45, 2.75) is 43.5 Å². The summed E-state index contributed by atoms with van der Waals surface area (Å²) in [6.45, 7) is 3.59. The second-order valence-electron chi connectivity index (χ2n) is 7.97. The summed E-state index contributed by atoms with van der Waals surface area (Å²) in [5.74, 6) is 0.728. The molecule has 182 valence electrons. The first kappa shape index (κ1) is 25.0. The van der Waals surface area contributed by atoms with Gasteiger partial charge in [0.15, 0.2) is 0 Å². The number of furan rings is 1. The molecule has 0 amide bonds. The molecular formula is C24H26ClNO7S. The van der Waals surface area contributed by atoms with E-state index in [1.807, 2.05) is 12.1 Å². The SMILES string of the molecule is C=CCOCc1cc(Cl)c(Cc2ncc(-c3ccco3)s2)cc1[C@@H]1O[C@H](CO)[C@@H](O)[C@H](O)[C@H]1O. The van der Waals surface area contributed by atoms with E-state index in [2.05, 4.69) is 11.6 Å². The monoisotopic (exact) mass is 507 g/mol. The molecule has 0 aliphatic carbocycles. The first-order valence-corrected chi connectivity index (χ1v) is 11.9. The van der Waals surface area contributed by atoms with Gasteiger partial charge in [0.2, 0.25) is 0 Å². The number of aliphatic hydroxyl groups excluding tert-OH is 4. The zero-order valence-electron chi connectivity index (χ0n) is 18.2. The van der Waals surface area contributed by atoms with Crippen molar-refractivity contribution in [2.75, 3.05) is 13.2 Å². The van der Waals surface area contributed by atoms with Gasteiger partial charge in [-0.2, -0.15) is 0 Å². The smallest absolute Gasteiger partial charge is 0.145 e. The van der Waals surface area contributed by atoms with E-state index in [0.29, 0.717) is 29.2 Å². The van der Waals surface area contributed by atoms with Gasteiger partial charge in [0, 0.05) is 17.6 Å². The quantitative estimate of drug-likeness (QED) is 0.257. The van der Waals surface area contributed by atoms with Crippen LogP contribution >= 0.6 is 22.9 Å². The molecule has 0 radical (unpaired) electrons. The summed E-state index contributed by atoms with van der Waals surface area (Å²) in [4.78, 5) is 5.36. The molecule has 4 rings (SSSR count). The van der Waals surface area contributed by atoms with Gasteiger partial charge >= 0.3 is 0 Å². The fraction of sp³-hybridized carbons (Fsp3) is 0.375. The summed E-state index contributed by atoms with van der Waals surface area (Å²) in [5, 5.41) is 42.1. The van der Waals surface area contributed by atoms with Gasteiger partial charge in [-0.15, -0.1) is 17.9 Å². The van der Waals surface area contributed by atoms with Crippen LogP contribution in [-0.2, 0) is 22.5 Å². The average Bonchev–Trinajstić information content (AvgIpc) is 3.52. The molecule has 0 unspecified atom stereocenters. The van der Waals surface area contributed by atoms with E-state index in [0.717, 1.165) is 21.2 Å². The Balaban J connectivity index is 1.67. The van der Waals surface area contributed by atoms with Crippen LogP contribution in [0, 0.1) is 0 Å². The van der Waals surface area contributed by atoms with E-state index >= 15 is 0 Å². The first-order chi connectivity index (χ1) is 16.4. The van der Waals surface area contributed by atoms with E-state index < -0.39 is 37.1 Å². The third kappa shape index (κ3) is 5.27. The Morgan fingerprint density at radius 2 is 2.00 bits per heavy atom. The lowest BCUT2D eigenvalue weighted by Crippen LogP contribution is -2.55. The third-order valence-electron chi connectivity index (χ3n) is 5.66. The van der Waals surface area contributed by atoms with E-state index in [1.54, 1.807) is 30.7 Å². The molecule has 2 aromatic heterocycles. The molecular weight excluding hydrogens is 482 g/mol. The van der Waals surface area contributed by atoms with Crippen LogP contribution < -0.4 is 0 Å². The minimum atomic E-state index is -1.49. The zero-order valence-corrected chi connectivity index (χ0v) is 19.8. The van der Waals surface area contributed by atoms with Gasteiger partial charge in [-0.3, -0.25) is 0 Å². The number of halogens is 1. The van der Waals surface area contributed by atoms with Gasteiger partial charge in [-0.1, -0.05) is 23.7 Å². The number of aliphatic hydroxyl groups is 4. The lowest BCUT2D eigenvalue weighted by molar-refractivity contribution is -0.232. The Bertz CT molecular complexity index is 1100. The minimum absolute atomic E-state index is 0.163. The Morgan fingerprint density at radius 1 is 1.18 bits per heavy atom. The van der Waals surface area contributed by atoms with Crippen LogP contribution in [0.5, 0.6) is 0 Å². The molecule has 34 heavy (non-hydrogen) atoms. The number of benzene rings is 1. The van der Waals surface area contributed by atoms with Crippen molar-refractivity contribution in [3.8, 4) is 10.6 Å². The molecule has 0 bridgehead atoms. The van der Waals surface area contributed by atoms with Gasteiger partial charge in [-0.25, -0.2) is 4.98 Å². The van der Waals surface area contributed by atoms with Crippen LogP contribution in [-0.4, -0.2) is 63.0 Å². The van der Waals surface area contributed by atoms with Gasteiger partial charge in [0.05, 0.1) is 36.0 Å².